The van der Waals surface area contributed by atoms with Crippen LogP contribution in [0.3, 0.4) is 0 Å². The molecule has 0 aliphatic heterocycles. The number of carbonyl (C=O) groups excluding carboxylic acids is 1. The molecule has 0 fully saturated rings. The Balaban J connectivity index is 1.93. The van der Waals surface area contributed by atoms with Gasteiger partial charge in [0.1, 0.15) is 11.5 Å². The monoisotopic (exact) mass is 441 g/mol. The van der Waals surface area contributed by atoms with Gasteiger partial charge in [-0.25, -0.2) is 0 Å². The van der Waals surface area contributed by atoms with Gasteiger partial charge in [0.15, 0.2) is 11.0 Å². The van der Waals surface area contributed by atoms with Crippen LogP contribution in [-0.4, -0.2) is 47.3 Å². The second kappa shape index (κ2) is 10.9. The summed E-state index contributed by atoms with van der Waals surface area (Å²) in [6, 6.07) is 13.8. The molecule has 1 heterocycles. The molecule has 7 nitrogen and oxygen atoms in total. The van der Waals surface area contributed by atoms with Crippen molar-refractivity contribution in [2.75, 3.05) is 26.6 Å². The van der Waals surface area contributed by atoms with Crippen LogP contribution in [0.15, 0.2) is 47.6 Å². The van der Waals surface area contributed by atoms with E-state index in [1.165, 1.54) is 5.56 Å². The topological polar surface area (TPSA) is 75.5 Å². The Morgan fingerprint density at radius 3 is 2.32 bits per heavy atom. The van der Waals surface area contributed by atoms with Crippen molar-refractivity contribution in [3.05, 3.63) is 48.0 Å². The van der Waals surface area contributed by atoms with E-state index in [-0.39, 0.29) is 5.97 Å². The second-order valence-electron chi connectivity index (χ2n) is 6.84. The van der Waals surface area contributed by atoms with Crippen LogP contribution >= 0.6 is 11.8 Å². The molecule has 3 aromatic rings. The smallest absolute Gasteiger partial charge is 0.305 e. The third-order valence-electron chi connectivity index (χ3n) is 4.60. The molecule has 164 valence electrons. The van der Waals surface area contributed by atoms with Gasteiger partial charge in [-0.2, -0.15) is 0 Å². The minimum Gasteiger partial charge on any atom is -0.497 e. The van der Waals surface area contributed by atoms with E-state index in [0.717, 1.165) is 22.2 Å². The first kappa shape index (κ1) is 22.7. The molecular formula is C23H27N3O4S. The molecule has 3 rings (SSSR count). The number of ether oxygens (including phenoxy) is 3. The number of hydrogen-bond donors (Lipinski definition) is 0. The number of aryl methyl sites for hydroxylation is 1. The van der Waals surface area contributed by atoms with Crippen LogP contribution in [0.1, 0.15) is 25.3 Å². The van der Waals surface area contributed by atoms with Crippen molar-refractivity contribution in [1.29, 1.82) is 0 Å². The number of carbonyl (C=O) groups is 1. The molecule has 0 atom stereocenters. The Hall–Kier alpha value is -3.00. The Morgan fingerprint density at radius 1 is 1.03 bits per heavy atom. The lowest BCUT2D eigenvalue weighted by Gasteiger charge is -2.12. The first-order valence-corrected chi connectivity index (χ1v) is 11.1. The Bertz CT molecular complexity index is 996. The van der Waals surface area contributed by atoms with E-state index in [0.29, 0.717) is 36.8 Å². The molecule has 0 radical (unpaired) electrons. The SMILES string of the molecule is CCOC(=O)CCCSc1nnc(-c2cc(OC)cc(OC)c2)n1-c1ccc(C)cc1. The quantitative estimate of drug-likeness (QED) is 0.256. The number of thioether (sulfide) groups is 1. The maximum absolute atomic E-state index is 11.6. The van der Waals surface area contributed by atoms with Crippen LogP contribution in [0.2, 0.25) is 0 Å². The van der Waals surface area contributed by atoms with E-state index < -0.39 is 0 Å². The standard InChI is InChI=1S/C23H27N3O4S/c1-5-30-21(27)7-6-12-31-23-25-24-22(26(23)18-10-8-16(2)9-11-18)17-13-19(28-3)15-20(14-17)29-4/h8-11,13-15H,5-7,12H2,1-4H3. The molecule has 8 heteroatoms. The van der Waals surface area contributed by atoms with Crippen molar-refractivity contribution < 1.29 is 19.0 Å². The van der Waals surface area contributed by atoms with Crippen LogP contribution in [0.5, 0.6) is 11.5 Å². The van der Waals surface area contributed by atoms with Crippen molar-refractivity contribution in [3.63, 3.8) is 0 Å². The molecule has 0 saturated carbocycles. The fourth-order valence-electron chi connectivity index (χ4n) is 3.03. The van der Waals surface area contributed by atoms with Gasteiger partial charge in [-0.3, -0.25) is 9.36 Å². The van der Waals surface area contributed by atoms with E-state index >= 15 is 0 Å². The Kier molecular flexibility index (Phi) is 7.94. The lowest BCUT2D eigenvalue weighted by Crippen LogP contribution is -2.04. The van der Waals surface area contributed by atoms with Crippen LogP contribution in [0.25, 0.3) is 17.1 Å². The molecule has 0 amide bonds. The first-order valence-electron chi connectivity index (χ1n) is 10.1. The number of esters is 1. The zero-order chi connectivity index (χ0) is 22.2. The van der Waals surface area contributed by atoms with Gasteiger partial charge in [-0.15, -0.1) is 10.2 Å². The maximum atomic E-state index is 11.6. The molecule has 0 saturated heterocycles. The normalized spacial score (nSPS) is 10.7. The third kappa shape index (κ3) is 5.79. The summed E-state index contributed by atoms with van der Waals surface area (Å²) in [6.07, 6.45) is 1.09. The van der Waals surface area contributed by atoms with Crippen LogP contribution in [0, 0.1) is 6.92 Å². The molecule has 31 heavy (non-hydrogen) atoms. The zero-order valence-electron chi connectivity index (χ0n) is 18.3. The third-order valence-corrected chi connectivity index (χ3v) is 5.61. The number of aromatic nitrogens is 3. The molecule has 2 aromatic carbocycles. The molecule has 0 N–H and O–H groups in total. The van der Waals surface area contributed by atoms with Gasteiger partial charge in [-0.1, -0.05) is 29.5 Å². The molecular weight excluding hydrogens is 414 g/mol. The van der Waals surface area contributed by atoms with Crippen LogP contribution in [0.4, 0.5) is 0 Å². The van der Waals surface area contributed by atoms with Crippen molar-refractivity contribution >= 4 is 17.7 Å². The van der Waals surface area contributed by atoms with E-state index in [2.05, 4.69) is 29.3 Å². The van der Waals surface area contributed by atoms with E-state index in [1.54, 1.807) is 26.0 Å². The van der Waals surface area contributed by atoms with Crippen molar-refractivity contribution in [1.82, 2.24) is 14.8 Å². The average molecular weight is 442 g/mol. The fraction of sp³-hybridized carbons (Fsp3) is 0.348. The van der Waals surface area contributed by atoms with Gasteiger partial charge in [0.2, 0.25) is 0 Å². The predicted octanol–water partition coefficient (Wildman–Crippen LogP) is 4.70. The van der Waals surface area contributed by atoms with E-state index in [1.807, 2.05) is 41.8 Å². The predicted molar refractivity (Wildman–Crippen MR) is 121 cm³/mol. The summed E-state index contributed by atoms with van der Waals surface area (Å²) in [7, 11) is 3.24. The number of nitrogens with zero attached hydrogens (tertiary/aromatic N) is 3. The highest BCUT2D eigenvalue weighted by atomic mass is 32.2. The minimum absolute atomic E-state index is 0.174. The van der Waals surface area contributed by atoms with Crippen molar-refractivity contribution in [2.45, 2.75) is 31.8 Å². The van der Waals surface area contributed by atoms with Crippen LogP contribution in [-0.2, 0) is 9.53 Å². The summed E-state index contributed by atoms with van der Waals surface area (Å²) in [4.78, 5) is 11.6. The first-order chi connectivity index (χ1) is 15.0. The molecule has 0 unspecified atom stereocenters. The van der Waals surface area contributed by atoms with Crippen LogP contribution < -0.4 is 9.47 Å². The molecule has 1 aromatic heterocycles. The van der Waals surface area contributed by atoms with Gasteiger partial charge in [-0.05, 0) is 44.5 Å². The summed E-state index contributed by atoms with van der Waals surface area (Å²) in [5, 5.41) is 9.66. The number of benzene rings is 2. The zero-order valence-corrected chi connectivity index (χ0v) is 19.1. The summed E-state index contributed by atoms with van der Waals surface area (Å²) < 4.78 is 17.9. The van der Waals surface area contributed by atoms with Crippen molar-refractivity contribution in [3.8, 4) is 28.6 Å². The summed E-state index contributed by atoms with van der Waals surface area (Å²) in [6.45, 7) is 4.27. The summed E-state index contributed by atoms with van der Waals surface area (Å²) in [5.74, 6) is 2.60. The van der Waals surface area contributed by atoms with Gasteiger partial charge < -0.3 is 14.2 Å². The molecule has 0 aliphatic rings. The maximum Gasteiger partial charge on any atom is 0.305 e. The van der Waals surface area contributed by atoms with Gasteiger partial charge in [0, 0.05) is 29.5 Å². The highest BCUT2D eigenvalue weighted by molar-refractivity contribution is 7.99. The Morgan fingerprint density at radius 2 is 1.71 bits per heavy atom. The lowest BCUT2D eigenvalue weighted by atomic mass is 10.1. The largest absolute Gasteiger partial charge is 0.497 e. The number of methoxy groups -OCH3 is 2. The Labute approximate surface area is 186 Å². The molecule has 0 aliphatic carbocycles. The molecule has 0 spiro atoms. The van der Waals surface area contributed by atoms with Gasteiger partial charge in [0.05, 0.1) is 20.8 Å². The highest BCUT2D eigenvalue weighted by Crippen LogP contribution is 2.33. The minimum atomic E-state index is -0.174. The van der Waals surface area contributed by atoms with Gasteiger partial charge in [0.25, 0.3) is 0 Å². The van der Waals surface area contributed by atoms with Gasteiger partial charge >= 0.3 is 5.97 Å². The second-order valence-corrected chi connectivity index (χ2v) is 7.90. The molecule has 0 bridgehead atoms. The number of hydrogen-bond acceptors (Lipinski definition) is 7. The summed E-state index contributed by atoms with van der Waals surface area (Å²) in [5.41, 5.74) is 2.97. The van der Waals surface area contributed by atoms with Crippen molar-refractivity contribution in [2.24, 2.45) is 0 Å². The highest BCUT2D eigenvalue weighted by Gasteiger charge is 2.18. The van der Waals surface area contributed by atoms with E-state index in [9.17, 15) is 4.79 Å². The lowest BCUT2D eigenvalue weighted by molar-refractivity contribution is -0.143. The summed E-state index contributed by atoms with van der Waals surface area (Å²) >= 11 is 1.56. The van der Waals surface area contributed by atoms with E-state index in [4.69, 9.17) is 14.2 Å². The average Bonchev–Trinajstić information content (AvgIpc) is 3.21. The number of rotatable bonds is 10. The fourth-order valence-corrected chi connectivity index (χ4v) is 3.92.